The summed E-state index contributed by atoms with van der Waals surface area (Å²) in [4.78, 5) is 26.3. The van der Waals surface area contributed by atoms with Crippen LogP contribution in [0.5, 0.6) is 0 Å². The van der Waals surface area contributed by atoms with Crippen LogP contribution in [-0.4, -0.2) is 29.8 Å². The molecule has 0 aliphatic carbocycles. The summed E-state index contributed by atoms with van der Waals surface area (Å²) in [5, 5.41) is 4.73. The van der Waals surface area contributed by atoms with Crippen LogP contribution in [0.15, 0.2) is 29.7 Å². The predicted octanol–water partition coefficient (Wildman–Crippen LogP) is 1.93. The molecule has 0 aromatic carbocycles. The van der Waals surface area contributed by atoms with Gasteiger partial charge in [-0.3, -0.25) is 9.59 Å². The summed E-state index contributed by atoms with van der Waals surface area (Å²) < 4.78 is 0. The predicted molar refractivity (Wildman–Crippen MR) is 75.7 cm³/mol. The zero-order valence-electron chi connectivity index (χ0n) is 10.8. The van der Waals surface area contributed by atoms with Crippen molar-refractivity contribution in [2.75, 3.05) is 13.1 Å². The Balaban J connectivity index is 1.74. The molecule has 1 saturated heterocycles. The second kappa shape index (κ2) is 7.09. The van der Waals surface area contributed by atoms with E-state index in [0.717, 1.165) is 30.8 Å². The monoisotopic (exact) mass is 278 g/mol. The SMILES string of the molecule is O=C(C=CC(=O)N1CCCCC1)NCc1cccs1. The van der Waals surface area contributed by atoms with E-state index in [1.807, 2.05) is 17.5 Å². The summed E-state index contributed by atoms with van der Waals surface area (Å²) in [5.41, 5.74) is 0. The van der Waals surface area contributed by atoms with Gasteiger partial charge in [0.2, 0.25) is 11.8 Å². The standard InChI is InChI=1S/C14H18N2O2S/c17-13(15-11-12-5-4-10-19-12)6-7-14(18)16-8-2-1-3-9-16/h4-7,10H,1-3,8-9,11H2,(H,15,17). The third-order valence-corrected chi connectivity index (χ3v) is 3.94. The number of carbonyl (C=O) groups is 2. The fraction of sp³-hybridized carbons (Fsp3) is 0.429. The van der Waals surface area contributed by atoms with E-state index < -0.39 is 0 Å². The van der Waals surface area contributed by atoms with E-state index in [0.29, 0.717) is 6.54 Å². The average molecular weight is 278 g/mol. The number of amides is 2. The molecule has 1 aromatic rings. The Morgan fingerprint density at radius 1 is 1.26 bits per heavy atom. The molecule has 1 aromatic heterocycles. The van der Waals surface area contributed by atoms with Gasteiger partial charge in [0, 0.05) is 30.1 Å². The molecule has 2 amide bonds. The topological polar surface area (TPSA) is 49.4 Å². The second-order valence-electron chi connectivity index (χ2n) is 4.52. The zero-order chi connectivity index (χ0) is 13.5. The molecule has 0 atom stereocenters. The van der Waals surface area contributed by atoms with Crippen LogP contribution in [0.1, 0.15) is 24.1 Å². The molecule has 0 unspecified atom stereocenters. The molecule has 102 valence electrons. The van der Waals surface area contributed by atoms with Gasteiger partial charge in [0.05, 0.1) is 6.54 Å². The number of nitrogens with zero attached hydrogens (tertiary/aromatic N) is 1. The molecule has 19 heavy (non-hydrogen) atoms. The molecule has 0 saturated carbocycles. The first kappa shape index (κ1) is 13.8. The molecule has 0 radical (unpaired) electrons. The van der Waals surface area contributed by atoms with Gasteiger partial charge in [-0.15, -0.1) is 11.3 Å². The van der Waals surface area contributed by atoms with Gasteiger partial charge in [-0.25, -0.2) is 0 Å². The normalized spacial score (nSPS) is 15.7. The van der Waals surface area contributed by atoms with Gasteiger partial charge < -0.3 is 10.2 Å². The Hall–Kier alpha value is -1.62. The maximum atomic E-state index is 11.8. The van der Waals surface area contributed by atoms with Gasteiger partial charge in [0.25, 0.3) is 0 Å². The van der Waals surface area contributed by atoms with Crippen molar-refractivity contribution in [1.29, 1.82) is 0 Å². The zero-order valence-corrected chi connectivity index (χ0v) is 11.6. The van der Waals surface area contributed by atoms with Crippen LogP contribution in [0.2, 0.25) is 0 Å². The number of hydrogen-bond acceptors (Lipinski definition) is 3. The van der Waals surface area contributed by atoms with Crippen molar-refractivity contribution in [3.63, 3.8) is 0 Å². The van der Waals surface area contributed by atoms with Crippen LogP contribution < -0.4 is 5.32 Å². The lowest BCUT2D eigenvalue weighted by atomic mass is 10.1. The highest BCUT2D eigenvalue weighted by molar-refractivity contribution is 7.09. The minimum Gasteiger partial charge on any atom is -0.348 e. The van der Waals surface area contributed by atoms with E-state index in [-0.39, 0.29) is 11.8 Å². The summed E-state index contributed by atoms with van der Waals surface area (Å²) in [6, 6.07) is 3.91. The number of piperidine rings is 1. The van der Waals surface area contributed by atoms with Crippen molar-refractivity contribution in [3.8, 4) is 0 Å². The molecule has 2 heterocycles. The lowest BCUT2D eigenvalue weighted by Gasteiger charge is -2.25. The van der Waals surface area contributed by atoms with Gasteiger partial charge in [0.15, 0.2) is 0 Å². The third-order valence-electron chi connectivity index (χ3n) is 3.06. The summed E-state index contributed by atoms with van der Waals surface area (Å²) in [7, 11) is 0. The number of rotatable bonds is 4. The average Bonchev–Trinajstić information content (AvgIpc) is 2.96. The Bertz CT molecular complexity index is 448. The Kier molecular flexibility index (Phi) is 5.15. The molecular formula is C14H18N2O2S. The maximum absolute atomic E-state index is 11.8. The number of likely N-dealkylation sites (tertiary alicyclic amines) is 1. The smallest absolute Gasteiger partial charge is 0.246 e. The van der Waals surface area contributed by atoms with Gasteiger partial charge in [-0.1, -0.05) is 6.07 Å². The minimum absolute atomic E-state index is 0.0639. The lowest BCUT2D eigenvalue weighted by Crippen LogP contribution is -2.34. The molecule has 2 rings (SSSR count). The van der Waals surface area contributed by atoms with Crippen LogP contribution in [0.3, 0.4) is 0 Å². The van der Waals surface area contributed by atoms with Crippen molar-refractivity contribution in [3.05, 3.63) is 34.5 Å². The van der Waals surface area contributed by atoms with Gasteiger partial charge in [0.1, 0.15) is 0 Å². The highest BCUT2D eigenvalue weighted by atomic mass is 32.1. The van der Waals surface area contributed by atoms with E-state index in [2.05, 4.69) is 5.32 Å². The van der Waals surface area contributed by atoms with Crippen molar-refractivity contribution < 1.29 is 9.59 Å². The van der Waals surface area contributed by atoms with E-state index in [9.17, 15) is 9.59 Å². The number of thiophene rings is 1. The summed E-state index contributed by atoms with van der Waals surface area (Å²) in [6.45, 7) is 2.12. The van der Waals surface area contributed by atoms with Crippen molar-refractivity contribution in [2.24, 2.45) is 0 Å². The molecule has 4 nitrogen and oxygen atoms in total. The van der Waals surface area contributed by atoms with E-state index >= 15 is 0 Å². The van der Waals surface area contributed by atoms with Crippen LogP contribution in [0, 0.1) is 0 Å². The molecule has 1 aliphatic heterocycles. The Morgan fingerprint density at radius 3 is 2.74 bits per heavy atom. The van der Waals surface area contributed by atoms with Gasteiger partial charge >= 0.3 is 0 Å². The fourth-order valence-electron chi connectivity index (χ4n) is 2.01. The highest BCUT2D eigenvalue weighted by Gasteiger charge is 2.13. The summed E-state index contributed by atoms with van der Waals surface area (Å²) in [5.74, 6) is -0.287. The van der Waals surface area contributed by atoms with Gasteiger partial charge in [-0.05, 0) is 30.7 Å². The second-order valence-corrected chi connectivity index (χ2v) is 5.55. The first-order chi connectivity index (χ1) is 9.25. The van der Waals surface area contributed by atoms with Crippen molar-refractivity contribution in [1.82, 2.24) is 10.2 Å². The summed E-state index contributed by atoms with van der Waals surface area (Å²) >= 11 is 1.60. The third kappa shape index (κ3) is 4.52. The van der Waals surface area contributed by atoms with Crippen molar-refractivity contribution >= 4 is 23.2 Å². The maximum Gasteiger partial charge on any atom is 0.246 e. The quantitative estimate of drug-likeness (QED) is 0.856. The summed E-state index contributed by atoms with van der Waals surface area (Å²) in [6.07, 6.45) is 6.00. The van der Waals surface area contributed by atoms with Crippen LogP contribution >= 0.6 is 11.3 Å². The molecule has 1 fully saturated rings. The number of carbonyl (C=O) groups excluding carboxylic acids is 2. The molecule has 5 heteroatoms. The minimum atomic E-state index is -0.223. The first-order valence-corrected chi connectivity index (χ1v) is 7.41. The molecular weight excluding hydrogens is 260 g/mol. The number of nitrogens with one attached hydrogen (secondary N) is 1. The molecule has 0 bridgehead atoms. The van der Waals surface area contributed by atoms with E-state index in [1.165, 1.54) is 18.6 Å². The highest BCUT2D eigenvalue weighted by Crippen LogP contribution is 2.09. The largest absolute Gasteiger partial charge is 0.348 e. The molecule has 1 aliphatic rings. The first-order valence-electron chi connectivity index (χ1n) is 6.53. The number of hydrogen-bond donors (Lipinski definition) is 1. The van der Waals surface area contributed by atoms with E-state index in [4.69, 9.17) is 0 Å². The molecule has 1 N–H and O–H groups in total. The fourth-order valence-corrected chi connectivity index (χ4v) is 2.66. The van der Waals surface area contributed by atoms with E-state index in [1.54, 1.807) is 16.2 Å². The lowest BCUT2D eigenvalue weighted by molar-refractivity contribution is -0.127. The van der Waals surface area contributed by atoms with Crippen LogP contribution in [0.4, 0.5) is 0 Å². The van der Waals surface area contributed by atoms with Crippen molar-refractivity contribution in [2.45, 2.75) is 25.8 Å². The van der Waals surface area contributed by atoms with Gasteiger partial charge in [-0.2, -0.15) is 0 Å². The van der Waals surface area contributed by atoms with Crippen LogP contribution in [0.25, 0.3) is 0 Å². The Labute approximate surface area is 117 Å². The molecule has 0 spiro atoms. The Morgan fingerprint density at radius 2 is 2.05 bits per heavy atom. The van der Waals surface area contributed by atoms with Crippen LogP contribution in [-0.2, 0) is 16.1 Å².